The third-order valence-corrected chi connectivity index (χ3v) is 8.80. The monoisotopic (exact) mass is 690 g/mol. The van der Waals surface area contributed by atoms with Crippen LogP contribution < -0.4 is 0 Å². The normalized spacial score (nSPS) is 42.5. The zero-order valence-electron chi connectivity index (χ0n) is 26.7. The number of hydrogen-bond acceptors (Lipinski definition) is 17. The first kappa shape index (κ1) is 40.1. The molecule has 3 aliphatic rings. The first-order chi connectivity index (χ1) is 21.7. The molecular formula is C29H54O16S. The van der Waals surface area contributed by atoms with E-state index in [0.29, 0.717) is 13.0 Å². The van der Waals surface area contributed by atoms with E-state index in [2.05, 4.69) is 12.6 Å². The summed E-state index contributed by atoms with van der Waals surface area (Å²) < 4.78 is 41.2. The van der Waals surface area contributed by atoms with Gasteiger partial charge in [-0.2, -0.15) is 12.6 Å². The van der Waals surface area contributed by atoms with Crippen molar-refractivity contribution < 1.29 is 79.1 Å². The number of thiol groups is 1. The van der Waals surface area contributed by atoms with Gasteiger partial charge in [-0.3, -0.25) is 0 Å². The molecule has 16 nitrogen and oxygen atoms in total. The van der Waals surface area contributed by atoms with E-state index in [4.69, 9.17) is 33.2 Å². The fourth-order valence-corrected chi connectivity index (χ4v) is 6.09. The largest absolute Gasteiger partial charge is 0.394 e. The Hall–Kier alpha value is -0.290. The molecule has 15 atom stereocenters. The van der Waals surface area contributed by atoms with Crippen LogP contribution >= 0.6 is 12.6 Å². The van der Waals surface area contributed by atoms with Crippen LogP contribution in [0.5, 0.6) is 0 Å². The summed E-state index contributed by atoms with van der Waals surface area (Å²) in [6.45, 7) is 4.96. The van der Waals surface area contributed by atoms with Crippen LogP contribution in [0.1, 0.15) is 47.0 Å². The summed E-state index contributed by atoms with van der Waals surface area (Å²) in [4.78, 5) is 0. The molecule has 7 unspecified atom stereocenters. The van der Waals surface area contributed by atoms with E-state index in [9.17, 15) is 46.0 Å². The van der Waals surface area contributed by atoms with Gasteiger partial charge >= 0.3 is 0 Å². The fraction of sp³-hybridized carbons (Fsp3) is 1.00. The Balaban J connectivity index is 1.91. The highest BCUT2D eigenvalue weighted by Crippen LogP contribution is 2.37. The van der Waals surface area contributed by atoms with E-state index in [1.165, 1.54) is 0 Å². The summed E-state index contributed by atoms with van der Waals surface area (Å²) in [5.74, 6) is 0.725. The lowest BCUT2D eigenvalue weighted by atomic mass is 9.86. The lowest BCUT2D eigenvalue weighted by Gasteiger charge is -2.51. The summed E-state index contributed by atoms with van der Waals surface area (Å²) in [6, 6.07) is 0. The van der Waals surface area contributed by atoms with Gasteiger partial charge in [0.2, 0.25) is 0 Å². The lowest BCUT2D eigenvalue weighted by molar-refractivity contribution is -0.388. The van der Waals surface area contributed by atoms with E-state index >= 15 is 0 Å². The summed E-state index contributed by atoms with van der Waals surface area (Å²) in [5.41, 5.74) is -1.17. The molecule has 3 fully saturated rings. The maximum atomic E-state index is 11.2. The minimum Gasteiger partial charge on any atom is -0.394 e. The lowest BCUT2D eigenvalue weighted by Crippen LogP contribution is -2.69. The Morgan fingerprint density at radius 3 is 1.72 bits per heavy atom. The Kier molecular flexibility index (Phi) is 15.8. The number of hydrogen-bond donors (Lipinski definition) is 10. The van der Waals surface area contributed by atoms with Crippen molar-refractivity contribution in [3.05, 3.63) is 0 Å². The standard InChI is InChI=1S/C29H54O16S/c1-13(2)40-23-19(35)16(12-32)42-27(22(23)38)45-25-21(37)18(34)15(11-31)43-28(25)44-24-20(36)17(33)14(10-30)41-26(24)29(3,4)39-8-6-5-7-9-46/h13-28,30-38,46H,5-12H2,1-4H3/t14?,15?,16?,17-,18-,19-,20?,21?,22-,23?,24?,25-,26+,27+,28-/m1/s1. The molecule has 0 aromatic rings. The van der Waals surface area contributed by atoms with Crippen LogP contribution in [0.2, 0.25) is 0 Å². The van der Waals surface area contributed by atoms with Crippen LogP contribution in [-0.4, -0.2) is 182 Å². The molecule has 0 spiro atoms. The fourth-order valence-electron chi connectivity index (χ4n) is 5.87. The maximum Gasteiger partial charge on any atom is 0.187 e. The molecule has 0 aromatic carbocycles. The summed E-state index contributed by atoms with van der Waals surface area (Å²) in [6.07, 6.45) is -20.6. The van der Waals surface area contributed by atoms with E-state index in [0.717, 1.165) is 18.6 Å². The van der Waals surface area contributed by atoms with E-state index in [1.807, 2.05) is 0 Å². The molecule has 3 rings (SSSR count). The zero-order chi connectivity index (χ0) is 34.3. The number of aliphatic hydroxyl groups excluding tert-OH is 9. The van der Waals surface area contributed by atoms with Crippen LogP contribution in [-0.2, 0) is 33.2 Å². The third kappa shape index (κ3) is 9.48. The zero-order valence-corrected chi connectivity index (χ0v) is 27.6. The number of rotatable bonds is 16. The van der Waals surface area contributed by atoms with Gasteiger partial charge in [0.1, 0.15) is 79.4 Å². The molecule has 0 radical (unpaired) electrons. The Labute approximate surface area is 274 Å². The second kappa shape index (κ2) is 18.1. The average molecular weight is 691 g/mol. The minimum atomic E-state index is -1.82. The van der Waals surface area contributed by atoms with Crippen LogP contribution in [0.3, 0.4) is 0 Å². The average Bonchev–Trinajstić information content (AvgIpc) is 3.01. The van der Waals surface area contributed by atoms with Gasteiger partial charge in [-0.15, -0.1) is 0 Å². The van der Waals surface area contributed by atoms with Crippen LogP contribution in [0, 0.1) is 0 Å². The highest BCUT2D eigenvalue weighted by atomic mass is 32.1. The van der Waals surface area contributed by atoms with Gasteiger partial charge in [0.25, 0.3) is 0 Å². The highest BCUT2D eigenvalue weighted by Gasteiger charge is 2.56. The van der Waals surface area contributed by atoms with Crippen molar-refractivity contribution in [1.82, 2.24) is 0 Å². The number of aliphatic hydroxyl groups is 9. The molecule has 3 aliphatic heterocycles. The van der Waals surface area contributed by atoms with Gasteiger partial charge in [-0.05, 0) is 46.3 Å². The van der Waals surface area contributed by atoms with Crippen LogP contribution in [0.4, 0.5) is 0 Å². The van der Waals surface area contributed by atoms with Crippen molar-refractivity contribution in [1.29, 1.82) is 0 Å². The Morgan fingerprint density at radius 1 is 0.630 bits per heavy atom. The SMILES string of the molecule is CC(C)OC1[C@H](O)C(CO)O[C@@H](O[C@@H]2C(O)[C@H](O)C(CO)O[C@@H]2OC2C(O)[C@H](O)C(CO)O[C@@H]2C(C)(C)OCCCCCS)[C@@H]1O. The number of ether oxygens (including phenoxy) is 7. The first-order valence-electron chi connectivity index (χ1n) is 15.8. The van der Waals surface area contributed by atoms with Gasteiger partial charge in [-0.1, -0.05) is 6.42 Å². The molecule has 0 amide bonds. The van der Waals surface area contributed by atoms with Crippen molar-refractivity contribution in [3.8, 4) is 0 Å². The molecule has 46 heavy (non-hydrogen) atoms. The van der Waals surface area contributed by atoms with Crippen molar-refractivity contribution in [2.75, 3.05) is 32.2 Å². The quantitative estimate of drug-likeness (QED) is 0.0566. The van der Waals surface area contributed by atoms with Crippen molar-refractivity contribution in [2.24, 2.45) is 0 Å². The summed E-state index contributed by atoms with van der Waals surface area (Å²) in [5, 5.41) is 95.0. The van der Waals surface area contributed by atoms with Gasteiger partial charge in [0.05, 0.1) is 31.5 Å². The predicted octanol–water partition coefficient (Wildman–Crippen LogP) is -3.19. The summed E-state index contributed by atoms with van der Waals surface area (Å²) in [7, 11) is 0. The Bertz CT molecular complexity index is 886. The maximum absolute atomic E-state index is 11.2. The van der Waals surface area contributed by atoms with Gasteiger partial charge in [0.15, 0.2) is 12.6 Å². The topological polar surface area (TPSA) is 247 Å². The third-order valence-electron chi connectivity index (χ3n) is 8.49. The number of unbranched alkanes of at least 4 members (excludes halogenated alkanes) is 2. The minimum absolute atomic E-state index is 0.313. The van der Waals surface area contributed by atoms with Gasteiger partial charge in [0, 0.05) is 6.61 Å². The highest BCUT2D eigenvalue weighted by molar-refractivity contribution is 7.80. The van der Waals surface area contributed by atoms with Gasteiger partial charge < -0.3 is 79.1 Å². The molecule has 0 aromatic heterocycles. The summed E-state index contributed by atoms with van der Waals surface area (Å²) >= 11 is 4.21. The molecule has 17 heteroatoms. The molecule has 3 heterocycles. The van der Waals surface area contributed by atoms with Crippen molar-refractivity contribution in [2.45, 2.75) is 151 Å². The second-order valence-electron chi connectivity index (χ2n) is 12.8. The molecule has 272 valence electrons. The van der Waals surface area contributed by atoms with E-state index in [-0.39, 0.29) is 0 Å². The van der Waals surface area contributed by atoms with Crippen LogP contribution in [0.15, 0.2) is 0 Å². The molecule has 9 N–H and O–H groups in total. The van der Waals surface area contributed by atoms with Crippen molar-refractivity contribution in [3.63, 3.8) is 0 Å². The molecular weight excluding hydrogens is 636 g/mol. The Morgan fingerprint density at radius 2 is 1.15 bits per heavy atom. The van der Waals surface area contributed by atoms with Crippen molar-refractivity contribution >= 4 is 12.6 Å². The molecule has 0 aliphatic carbocycles. The first-order valence-corrected chi connectivity index (χ1v) is 16.4. The van der Waals surface area contributed by atoms with Crippen LogP contribution in [0.25, 0.3) is 0 Å². The smallest absolute Gasteiger partial charge is 0.187 e. The molecule has 0 saturated carbocycles. The molecule has 3 saturated heterocycles. The van der Waals surface area contributed by atoms with Gasteiger partial charge in [-0.25, -0.2) is 0 Å². The predicted molar refractivity (Wildman–Crippen MR) is 161 cm³/mol. The second-order valence-corrected chi connectivity index (χ2v) is 13.2. The van der Waals surface area contributed by atoms with E-state index < -0.39 is 123 Å². The molecule has 0 bridgehead atoms. The van der Waals surface area contributed by atoms with E-state index in [1.54, 1.807) is 27.7 Å².